The molecule has 0 N–H and O–H groups in total. The molecule has 0 aliphatic carbocycles. The Balaban J connectivity index is 2.81. The number of nitrogens with zero attached hydrogens (tertiary/aromatic N) is 1. The van der Waals surface area contributed by atoms with Crippen molar-refractivity contribution in [3.05, 3.63) is 0 Å². The number of piperidine rings is 1. The molecule has 1 fully saturated rings. The summed E-state index contributed by atoms with van der Waals surface area (Å²) in [6.07, 6.45) is -11.6. The van der Waals surface area contributed by atoms with E-state index in [9.17, 15) is 44.5 Å². The molecule has 1 saturated heterocycles. The molecule has 1 amide bonds. The Kier molecular flexibility index (Phi) is 6.93. The molecule has 0 aromatic carbocycles. The average Bonchev–Trinajstić information content (AvgIpc) is 2.48. The molecule has 1 unspecified atom stereocenters. The molecule has 1 heterocycles. The standard InChI is InChI=1S/C14H20F5NO7S/c1-12(2,3)27-11(22)20-6-4-8(5-7-20)9(21)26-10(13(15,16)17)14(18,19)28(23,24)25/h8,10H,4-7H2,1-3H3,(H,23,24,25)/p-1. The fourth-order valence-electron chi connectivity index (χ4n) is 2.29. The van der Waals surface area contributed by atoms with Gasteiger partial charge in [-0.3, -0.25) is 4.79 Å². The van der Waals surface area contributed by atoms with Crippen LogP contribution in [0.25, 0.3) is 0 Å². The molecule has 0 saturated carbocycles. The van der Waals surface area contributed by atoms with Crippen molar-refractivity contribution in [3.8, 4) is 0 Å². The van der Waals surface area contributed by atoms with Crippen LogP contribution in [0.4, 0.5) is 26.7 Å². The maximum atomic E-state index is 13.4. The van der Waals surface area contributed by atoms with Crippen LogP contribution in [0.1, 0.15) is 33.6 Å². The van der Waals surface area contributed by atoms with Crippen molar-refractivity contribution in [2.75, 3.05) is 13.1 Å². The van der Waals surface area contributed by atoms with Gasteiger partial charge in [0, 0.05) is 13.1 Å². The summed E-state index contributed by atoms with van der Waals surface area (Å²) in [7, 11) is -6.75. The van der Waals surface area contributed by atoms with Crippen molar-refractivity contribution >= 4 is 22.2 Å². The van der Waals surface area contributed by atoms with Gasteiger partial charge in [-0.25, -0.2) is 13.2 Å². The van der Waals surface area contributed by atoms with Gasteiger partial charge in [0.05, 0.1) is 5.92 Å². The van der Waals surface area contributed by atoms with Gasteiger partial charge < -0.3 is 18.9 Å². The second kappa shape index (κ2) is 7.97. The van der Waals surface area contributed by atoms with Crippen LogP contribution in [-0.4, -0.2) is 66.2 Å². The van der Waals surface area contributed by atoms with E-state index in [1.807, 2.05) is 0 Å². The van der Waals surface area contributed by atoms with Gasteiger partial charge in [0.25, 0.3) is 6.10 Å². The van der Waals surface area contributed by atoms with Crippen molar-refractivity contribution in [1.29, 1.82) is 0 Å². The average molecular weight is 440 g/mol. The van der Waals surface area contributed by atoms with Crippen molar-refractivity contribution in [2.45, 2.75) is 56.7 Å². The number of hydrogen-bond donors (Lipinski definition) is 0. The number of likely N-dealkylation sites (tertiary alicyclic amines) is 1. The second-order valence-electron chi connectivity index (χ2n) is 7.12. The van der Waals surface area contributed by atoms with Crippen molar-refractivity contribution < 1.29 is 54.0 Å². The fourth-order valence-corrected chi connectivity index (χ4v) is 2.74. The molecule has 0 spiro atoms. The third-order valence-electron chi connectivity index (χ3n) is 3.65. The summed E-state index contributed by atoms with van der Waals surface area (Å²) in [6, 6.07) is 0. The number of halogens is 5. The fraction of sp³-hybridized carbons (Fsp3) is 0.857. The summed E-state index contributed by atoms with van der Waals surface area (Å²) in [5.41, 5.74) is -0.803. The van der Waals surface area contributed by atoms with E-state index in [0.717, 1.165) is 0 Å². The lowest BCUT2D eigenvalue weighted by atomic mass is 9.97. The van der Waals surface area contributed by atoms with Crippen LogP contribution in [0.3, 0.4) is 0 Å². The van der Waals surface area contributed by atoms with E-state index in [-0.39, 0.29) is 25.9 Å². The van der Waals surface area contributed by atoms with Crippen molar-refractivity contribution in [1.82, 2.24) is 4.90 Å². The van der Waals surface area contributed by atoms with Crippen LogP contribution in [-0.2, 0) is 24.4 Å². The van der Waals surface area contributed by atoms with E-state index in [1.54, 1.807) is 20.8 Å². The predicted molar refractivity (Wildman–Crippen MR) is 81.1 cm³/mol. The minimum Gasteiger partial charge on any atom is -0.743 e. The first-order valence-corrected chi connectivity index (χ1v) is 9.35. The minimum absolute atomic E-state index is 0.123. The largest absolute Gasteiger partial charge is 0.743 e. The molecule has 0 radical (unpaired) electrons. The molecule has 1 rings (SSSR count). The molecular weight excluding hydrogens is 421 g/mol. The van der Waals surface area contributed by atoms with Gasteiger partial charge in [-0.2, -0.15) is 22.0 Å². The second-order valence-corrected chi connectivity index (χ2v) is 8.57. The van der Waals surface area contributed by atoms with Gasteiger partial charge in [0.1, 0.15) is 5.60 Å². The quantitative estimate of drug-likeness (QED) is 0.374. The highest BCUT2D eigenvalue weighted by molar-refractivity contribution is 7.86. The minimum atomic E-state index is -6.75. The number of carbonyl (C=O) groups excluding carboxylic acids is 2. The molecule has 1 aliphatic heterocycles. The van der Waals surface area contributed by atoms with E-state index >= 15 is 0 Å². The molecule has 164 valence electrons. The zero-order chi connectivity index (χ0) is 22.1. The van der Waals surface area contributed by atoms with E-state index < -0.39 is 51.2 Å². The number of carbonyl (C=O) groups is 2. The zero-order valence-corrected chi connectivity index (χ0v) is 15.9. The van der Waals surface area contributed by atoms with E-state index in [1.165, 1.54) is 4.90 Å². The molecular formula is C14H19F5NO7S-. The third kappa shape index (κ3) is 6.15. The molecule has 0 bridgehead atoms. The summed E-state index contributed by atoms with van der Waals surface area (Å²) in [5, 5.41) is -5.89. The Hall–Kier alpha value is -1.70. The predicted octanol–water partition coefficient (Wildman–Crippen LogP) is 2.25. The molecule has 1 aliphatic rings. The maximum Gasteiger partial charge on any atom is 0.432 e. The Morgan fingerprint density at radius 1 is 1.07 bits per heavy atom. The normalized spacial score (nSPS) is 18.5. The Morgan fingerprint density at radius 3 is 1.89 bits per heavy atom. The number of ether oxygens (including phenoxy) is 2. The number of alkyl halides is 5. The highest BCUT2D eigenvalue weighted by Gasteiger charge is 2.63. The van der Waals surface area contributed by atoms with Gasteiger partial charge >= 0.3 is 23.5 Å². The first-order valence-electron chi connectivity index (χ1n) is 7.94. The number of hydrogen-bond acceptors (Lipinski definition) is 7. The Morgan fingerprint density at radius 2 is 1.54 bits per heavy atom. The highest BCUT2D eigenvalue weighted by atomic mass is 32.2. The van der Waals surface area contributed by atoms with Crippen molar-refractivity contribution in [3.63, 3.8) is 0 Å². The van der Waals surface area contributed by atoms with Crippen LogP contribution in [0, 0.1) is 5.92 Å². The van der Waals surface area contributed by atoms with Crippen molar-refractivity contribution in [2.24, 2.45) is 5.92 Å². The zero-order valence-electron chi connectivity index (χ0n) is 15.1. The van der Waals surface area contributed by atoms with Crippen LogP contribution in [0.2, 0.25) is 0 Å². The van der Waals surface area contributed by atoms with Gasteiger partial charge in [-0.05, 0) is 33.6 Å². The molecule has 0 aromatic heterocycles. The number of esters is 1. The summed E-state index contributed by atoms with van der Waals surface area (Å²) in [6.45, 7) is 4.58. The SMILES string of the molecule is CC(C)(C)OC(=O)N1CCC(C(=O)OC(C(F)(F)F)C(F)(F)S(=O)(=O)[O-])CC1. The lowest BCUT2D eigenvalue weighted by Gasteiger charge is -2.34. The summed E-state index contributed by atoms with van der Waals surface area (Å²) in [4.78, 5) is 24.9. The molecule has 8 nitrogen and oxygen atoms in total. The number of amides is 1. The molecule has 0 aromatic rings. The smallest absolute Gasteiger partial charge is 0.432 e. The Labute approximate surface area is 157 Å². The summed E-state index contributed by atoms with van der Waals surface area (Å²) >= 11 is 0. The summed E-state index contributed by atoms with van der Waals surface area (Å²) in [5.74, 6) is -3.04. The molecule has 1 atom stereocenters. The number of rotatable bonds is 4. The molecule has 28 heavy (non-hydrogen) atoms. The maximum absolute atomic E-state index is 13.4. The highest BCUT2D eigenvalue weighted by Crippen LogP contribution is 2.38. The van der Waals surface area contributed by atoms with Gasteiger partial charge in [-0.15, -0.1) is 0 Å². The van der Waals surface area contributed by atoms with Gasteiger partial charge in [0.15, 0.2) is 10.1 Å². The lowest BCUT2D eigenvalue weighted by Crippen LogP contribution is -2.53. The first-order chi connectivity index (χ1) is 12.4. The van der Waals surface area contributed by atoms with Crippen LogP contribution in [0.15, 0.2) is 0 Å². The van der Waals surface area contributed by atoms with E-state index in [2.05, 4.69) is 4.74 Å². The van der Waals surface area contributed by atoms with Gasteiger partial charge in [0.2, 0.25) is 0 Å². The summed E-state index contributed by atoms with van der Waals surface area (Å²) < 4.78 is 105. The van der Waals surface area contributed by atoms with E-state index in [0.29, 0.717) is 0 Å². The monoisotopic (exact) mass is 440 g/mol. The first kappa shape index (κ1) is 24.3. The third-order valence-corrected chi connectivity index (χ3v) is 4.53. The van der Waals surface area contributed by atoms with E-state index in [4.69, 9.17) is 4.74 Å². The topological polar surface area (TPSA) is 113 Å². The van der Waals surface area contributed by atoms with Gasteiger partial charge in [-0.1, -0.05) is 0 Å². The van der Waals surface area contributed by atoms with Crippen LogP contribution < -0.4 is 0 Å². The van der Waals surface area contributed by atoms with Crippen LogP contribution >= 0.6 is 0 Å². The molecule has 14 heteroatoms. The Bertz CT molecular complexity index is 694. The lowest BCUT2D eigenvalue weighted by molar-refractivity contribution is -0.261. The van der Waals surface area contributed by atoms with Crippen LogP contribution in [0.5, 0.6) is 0 Å².